The fourth-order valence-electron chi connectivity index (χ4n) is 3.27. The molecule has 1 saturated heterocycles. The Balaban J connectivity index is 1.34. The number of pyridine rings is 1. The van der Waals surface area contributed by atoms with E-state index >= 15 is 0 Å². The Labute approximate surface area is 147 Å². The van der Waals surface area contributed by atoms with Gasteiger partial charge in [-0.05, 0) is 36.8 Å². The van der Waals surface area contributed by atoms with Crippen LogP contribution in [0, 0.1) is 6.92 Å². The molecule has 1 amide bonds. The van der Waals surface area contributed by atoms with E-state index < -0.39 is 0 Å². The molecule has 0 saturated carbocycles. The van der Waals surface area contributed by atoms with Crippen LogP contribution in [0.2, 0.25) is 0 Å². The highest BCUT2D eigenvalue weighted by atomic mass is 16.7. The first-order valence-electron chi connectivity index (χ1n) is 8.52. The first kappa shape index (κ1) is 15.9. The van der Waals surface area contributed by atoms with Gasteiger partial charge in [0.2, 0.25) is 6.79 Å². The molecule has 0 unspecified atom stereocenters. The summed E-state index contributed by atoms with van der Waals surface area (Å²) in [7, 11) is 0. The average molecular weight is 339 g/mol. The number of piperazine rings is 1. The number of rotatable bonds is 3. The second-order valence-electron chi connectivity index (χ2n) is 6.44. The van der Waals surface area contributed by atoms with Gasteiger partial charge in [-0.2, -0.15) is 0 Å². The SMILES string of the molecule is Cc1cc(C(=O)N2CCN(Cc3ccc4c(c3)OCO4)CC2)ccn1. The molecular weight excluding hydrogens is 318 g/mol. The molecule has 25 heavy (non-hydrogen) atoms. The summed E-state index contributed by atoms with van der Waals surface area (Å²) >= 11 is 0. The number of carbonyl (C=O) groups excluding carboxylic acids is 1. The maximum Gasteiger partial charge on any atom is 0.254 e. The van der Waals surface area contributed by atoms with E-state index in [0.29, 0.717) is 6.79 Å². The molecule has 1 fully saturated rings. The van der Waals surface area contributed by atoms with Crippen LogP contribution in [0.25, 0.3) is 0 Å². The van der Waals surface area contributed by atoms with Gasteiger partial charge in [0.25, 0.3) is 5.91 Å². The van der Waals surface area contributed by atoms with E-state index in [1.807, 2.05) is 30.0 Å². The Bertz CT molecular complexity index is 785. The standard InChI is InChI=1S/C19H21N3O3/c1-14-10-16(4-5-20-14)19(23)22-8-6-21(7-9-22)12-15-2-3-17-18(11-15)25-13-24-17/h2-5,10-11H,6-9,12-13H2,1H3. The maximum absolute atomic E-state index is 12.6. The third-order valence-electron chi connectivity index (χ3n) is 4.65. The predicted octanol–water partition coefficient (Wildman–Crippen LogP) is 2.08. The van der Waals surface area contributed by atoms with Gasteiger partial charge >= 0.3 is 0 Å². The summed E-state index contributed by atoms with van der Waals surface area (Å²) < 4.78 is 10.8. The topological polar surface area (TPSA) is 54.9 Å². The summed E-state index contributed by atoms with van der Waals surface area (Å²) in [6.45, 7) is 6.27. The molecule has 6 heteroatoms. The quantitative estimate of drug-likeness (QED) is 0.857. The van der Waals surface area contributed by atoms with E-state index in [-0.39, 0.29) is 5.91 Å². The summed E-state index contributed by atoms with van der Waals surface area (Å²) in [5.74, 6) is 1.72. The molecule has 2 aliphatic heterocycles. The van der Waals surface area contributed by atoms with E-state index in [2.05, 4.69) is 16.0 Å². The van der Waals surface area contributed by atoms with E-state index in [9.17, 15) is 4.79 Å². The van der Waals surface area contributed by atoms with Crippen LogP contribution in [0.3, 0.4) is 0 Å². The highest BCUT2D eigenvalue weighted by Gasteiger charge is 2.23. The van der Waals surface area contributed by atoms with Gasteiger partial charge in [0.05, 0.1) is 0 Å². The molecule has 6 nitrogen and oxygen atoms in total. The number of amides is 1. The summed E-state index contributed by atoms with van der Waals surface area (Å²) in [4.78, 5) is 21.0. The van der Waals surface area contributed by atoms with Crippen LogP contribution < -0.4 is 9.47 Å². The van der Waals surface area contributed by atoms with Gasteiger partial charge in [-0.1, -0.05) is 6.07 Å². The number of aryl methyl sites for hydroxylation is 1. The minimum Gasteiger partial charge on any atom is -0.454 e. The van der Waals surface area contributed by atoms with Crippen molar-refractivity contribution in [2.24, 2.45) is 0 Å². The van der Waals surface area contributed by atoms with Crippen LogP contribution in [0.1, 0.15) is 21.6 Å². The number of nitrogens with zero attached hydrogens (tertiary/aromatic N) is 3. The Morgan fingerprint density at radius 1 is 1.08 bits per heavy atom. The normalized spacial score (nSPS) is 16.9. The Hall–Kier alpha value is -2.60. The number of benzene rings is 1. The van der Waals surface area contributed by atoms with Gasteiger partial charge in [0.15, 0.2) is 11.5 Å². The number of hydrogen-bond acceptors (Lipinski definition) is 5. The summed E-state index contributed by atoms with van der Waals surface area (Å²) in [5, 5.41) is 0. The highest BCUT2D eigenvalue weighted by molar-refractivity contribution is 5.94. The largest absolute Gasteiger partial charge is 0.454 e. The van der Waals surface area contributed by atoms with Crippen LogP contribution in [0.15, 0.2) is 36.5 Å². The summed E-state index contributed by atoms with van der Waals surface area (Å²) in [5.41, 5.74) is 2.79. The van der Waals surface area contributed by atoms with Crippen molar-refractivity contribution in [3.05, 3.63) is 53.3 Å². The number of fused-ring (bicyclic) bond motifs is 1. The smallest absolute Gasteiger partial charge is 0.254 e. The highest BCUT2D eigenvalue weighted by Crippen LogP contribution is 2.32. The van der Waals surface area contributed by atoms with Crippen molar-refractivity contribution in [2.75, 3.05) is 33.0 Å². The van der Waals surface area contributed by atoms with E-state index in [1.165, 1.54) is 5.56 Å². The van der Waals surface area contributed by atoms with Crippen molar-refractivity contribution >= 4 is 5.91 Å². The monoisotopic (exact) mass is 339 g/mol. The fourth-order valence-corrected chi connectivity index (χ4v) is 3.27. The lowest BCUT2D eigenvalue weighted by molar-refractivity contribution is 0.0628. The number of hydrogen-bond donors (Lipinski definition) is 0. The lowest BCUT2D eigenvalue weighted by Crippen LogP contribution is -2.48. The minimum absolute atomic E-state index is 0.0910. The second-order valence-corrected chi connectivity index (χ2v) is 6.44. The number of ether oxygens (including phenoxy) is 2. The molecule has 0 spiro atoms. The van der Waals surface area contributed by atoms with Crippen LogP contribution in [-0.2, 0) is 6.54 Å². The van der Waals surface area contributed by atoms with E-state index in [1.54, 1.807) is 12.3 Å². The average Bonchev–Trinajstić information content (AvgIpc) is 3.09. The molecule has 0 radical (unpaired) electrons. The maximum atomic E-state index is 12.6. The van der Waals surface area contributed by atoms with Crippen LogP contribution >= 0.6 is 0 Å². The van der Waals surface area contributed by atoms with Gasteiger partial charge in [-0.25, -0.2) is 0 Å². The third-order valence-corrected chi connectivity index (χ3v) is 4.65. The molecule has 0 aliphatic carbocycles. The van der Waals surface area contributed by atoms with Crippen molar-refractivity contribution in [1.29, 1.82) is 0 Å². The van der Waals surface area contributed by atoms with Gasteiger partial charge in [-0.3, -0.25) is 14.7 Å². The molecule has 0 N–H and O–H groups in total. The molecule has 130 valence electrons. The van der Waals surface area contributed by atoms with Crippen molar-refractivity contribution in [3.8, 4) is 11.5 Å². The van der Waals surface area contributed by atoms with Crippen molar-refractivity contribution < 1.29 is 14.3 Å². The van der Waals surface area contributed by atoms with Crippen molar-refractivity contribution in [1.82, 2.24) is 14.8 Å². The van der Waals surface area contributed by atoms with Gasteiger partial charge in [0.1, 0.15) is 0 Å². The molecule has 2 aliphatic rings. The number of carbonyl (C=O) groups is 1. The Morgan fingerprint density at radius 3 is 2.68 bits per heavy atom. The van der Waals surface area contributed by atoms with Gasteiger partial charge < -0.3 is 14.4 Å². The molecule has 0 atom stereocenters. The first-order valence-corrected chi connectivity index (χ1v) is 8.52. The summed E-state index contributed by atoms with van der Waals surface area (Å²) in [6.07, 6.45) is 1.69. The minimum atomic E-state index is 0.0910. The van der Waals surface area contributed by atoms with E-state index in [0.717, 1.165) is 55.5 Å². The van der Waals surface area contributed by atoms with Crippen LogP contribution in [-0.4, -0.2) is 53.7 Å². The molecule has 1 aromatic heterocycles. The molecular formula is C19H21N3O3. The second kappa shape index (κ2) is 6.72. The number of aromatic nitrogens is 1. The lowest BCUT2D eigenvalue weighted by atomic mass is 10.1. The fraction of sp³-hybridized carbons (Fsp3) is 0.368. The van der Waals surface area contributed by atoms with Crippen molar-refractivity contribution in [3.63, 3.8) is 0 Å². The molecule has 1 aromatic carbocycles. The predicted molar refractivity (Wildman–Crippen MR) is 92.7 cm³/mol. The Morgan fingerprint density at radius 2 is 1.88 bits per heavy atom. The van der Waals surface area contributed by atoms with Crippen molar-refractivity contribution in [2.45, 2.75) is 13.5 Å². The van der Waals surface area contributed by atoms with Crippen LogP contribution in [0.4, 0.5) is 0 Å². The molecule has 3 heterocycles. The van der Waals surface area contributed by atoms with E-state index in [4.69, 9.17) is 9.47 Å². The third kappa shape index (κ3) is 3.44. The zero-order valence-corrected chi connectivity index (χ0v) is 14.3. The first-order chi connectivity index (χ1) is 12.2. The molecule has 0 bridgehead atoms. The molecule has 2 aromatic rings. The van der Waals surface area contributed by atoms with Gasteiger partial charge in [-0.15, -0.1) is 0 Å². The van der Waals surface area contributed by atoms with Crippen LogP contribution in [0.5, 0.6) is 11.5 Å². The lowest BCUT2D eigenvalue weighted by Gasteiger charge is -2.34. The van der Waals surface area contributed by atoms with Gasteiger partial charge in [0, 0.05) is 50.2 Å². The summed E-state index contributed by atoms with van der Waals surface area (Å²) in [6, 6.07) is 9.71. The zero-order chi connectivity index (χ0) is 17.2. The Kier molecular flexibility index (Phi) is 4.28. The zero-order valence-electron chi connectivity index (χ0n) is 14.3. The molecule has 4 rings (SSSR count).